The molecule has 0 aliphatic rings. The molecule has 0 radical (unpaired) electrons. The Morgan fingerprint density at radius 1 is 0.880 bits per heavy atom. The summed E-state index contributed by atoms with van der Waals surface area (Å²) in [4.78, 5) is 24.1. The smallest absolute Gasteiger partial charge is 0.224 e. The number of hydrogen-bond acceptors (Lipinski definition) is 4. The maximum absolute atomic E-state index is 12.1. The number of carbonyl (C=O) groups excluding carboxylic acids is 2. The van der Waals surface area contributed by atoms with E-state index in [4.69, 9.17) is 9.47 Å². The zero-order valence-electron chi connectivity index (χ0n) is 14.6. The molecule has 1 amide bonds. The average Bonchev–Trinajstić information content (AvgIpc) is 2.63. The number of Topliss-reactive ketones (excluding diaryl/α,β-unsaturated/α-hetero) is 1. The predicted molar refractivity (Wildman–Crippen MR) is 97.4 cm³/mol. The van der Waals surface area contributed by atoms with Crippen molar-refractivity contribution in [2.45, 2.75) is 26.7 Å². The quantitative estimate of drug-likeness (QED) is 0.698. The Morgan fingerprint density at radius 3 is 2.24 bits per heavy atom. The van der Waals surface area contributed by atoms with Crippen molar-refractivity contribution in [1.82, 2.24) is 0 Å². The molecule has 132 valence electrons. The molecule has 0 unspecified atom stereocenters. The molecule has 0 aliphatic carbocycles. The van der Waals surface area contributed by atoms with E-state index in [1.165, 1.54) is 0 Å². The summed E-state index contributed by atoms with van der Waals surface area (Å²) in [7, 11) is 0. The Balaban J connectivity index is 1.93. The summed E-state index contributed by atoms with van der Waals surface area (Å²) in [6.45, 7) is 4.82. The summed E-state index contributed by atoms with van der Waals surface area (Å²) >= 11 is 0. The van der Waals surface area contributed by atoms with Crippen molar-refractivity contribution in [3.63, 3.8) is 0 Å². The van der Waals surface area contributed by atoms with Crippen molar-refractivity contribution in [3.8, 4) is 11.5 Å². The van der Waals surface area contributed by atoms with Gasteiger partial charge < -0.3 is 14.8 Å². The minimum Gasteiger partial charge on any atom is -0.490 e. The molecule has 25 heavy (non-hydrogen) atoms. The molecule has 2 rings (SSSR count). The van der Waals surface area contributed by atoms with Gasteiger partial charge in [0.15, 0.2) is 17.3 Å². The van der Waals surface area contributed by atoms with E-state index < -0.39 is 0 Å². The van der Waals surface area contributed by atoms with E-state index in [9.17, 15) is 9.59 Å². The molecule has 5 nitrogen and oxygen atoms in total. The van der Waals surface area contributed by atoms with Gasteiger partial charge in [0.2, 0.25) is 5.91 Å². The highest BCUT2D eigenvalue weighted by molar-refractivity contribution is 6.00. The van der Waals surface area contributed by atoms with Gasteiger partial charge >= 0.3 is 0 Å². The second-order valence-corrected chi connectivity index (χ2v) is 5.36. The summed E-state index contributed by atoms with van der Waals surface area (Å²) in [6, 6.07) is 14.2. The molecule has 0 bridgehead atoms. The number of ketones is 1. The topological polar surface area (TPSA) is 64.6 Å². The fourth-order valence-corrected chi connectivity index (χ4v) is 2.35. The van der Waals surface area contributed by atoms with Gasteiger partial charge in [0, 0.05) is 30.2 Å². The Bertz CT molecular complexity index is 713. The Labute approximate surface area is 148 Å². The fourth-order valence-electron chi connectivity index (χ4n) is 2.35. The number of rotatable bonds is 9. The minimum absolute atomic E-state index is 0.0440. The molecule has 0 atom stereocenters. The van der Waals surface area contributed by atoms with E-state index in [2.05, 4.69) is 5.32 Å². The van der Waals surface area contributed by atoms with E-state index in [1.807, 2.05) is 32.0 Å². The molecular formula is C20H23NO4. The van der Waals surface area contributed by atoms with Crippen LogP contribution in [0.25, 0.3) is 0 Å². The highest BCUT2D eigenvalue weighted by atomic mass is 16.5. The lowest BCUT2D eigenvalue weighted by atomic mass is 10.1. The lowest BCUT2D eigenvalue weighted by molar-refractivity contribution is -0.116. The van der Waals surface area contributed by atoms with Gasteiger partial charge in [-0.25, -0.2) is 0 Å². The van der Waals surface area contributed by atoms with Crippen LogP contribution in [0.4, 0.5) is 5.69 Å². The first kappa shape index (κ1) is 18.5. The Kier molecular flexibility index (Phi) is 7.01. The molecule has 0 aliphatic heterocycles. The number of amides is 1. The maximum atomic E-state index is 12.1. The second-order valence-electron chi connectivity index (χ2n) is 5.36. The van der Waals surface area contributed by atoms with E-state index >= 15 is 0 Å². The molecule has 0 aromatic heterocycles. The first-order valence-corrected chi connectivity index (χ1v) is 8.41. The highest BCUT2D eigenvalue weighted by Crippen LogP contribution is 2.30. The first-order valence-electron chi connectivity index (χ1n) is 8.41. The Hall–Kier alpha value is -2.82. The monoisotopic (exact) mass is 341 g/mol. The van der Waals surface area contributed by atoms with Gasteiger partial charge in [-0.15, -0.1) is 0 Å². The molecule has 0 saturated carbocycles. The highest BCUT2D eigenvalue weighted by Gasteiger charge is 2.11. The van der Waals surface area contributed by atoms with Gasteiger partial charge in [-0.2, -0.15) is 0 Å². The maximum Gasteiger partial charge on any atom is 0.224 e. The normalized spacial score (nSPS) is 10.2. The van der Waals surface area contributed by atoms with Gasteiger partial charge in [-0.3, -0.25) is 9.59 Å². The van der Waals surface area contributed by atoms with Crippen LogP contribution in [0.2, 0.25) is 0 Å². The molecule has 0 spiro atoms. The molecule has 2 aromatic carbocycles. The van der Waals surface area contributed by atoms with Gasteiger partial charge in [0.1, 0.15) is 0 Å². The van der Waals surface area contributed by atoms with Crippen molar-refractivity contribution in [2.75, 3.05) is 18.5 Å². The van der Waals surface area contributed by atoms with Crippen LogP contribution in [0, 0.1) is 0 Å². The van der Waals surface area contributed by atoms with Crippen LogP contribution in [-0.4, -0.2) is 24.9 Å². The lowest BCUT2D eigenvalue weighted by Crippen LogP contribution is -2.13. The molecular weight excluding hydrogens is 318 g/mol. The SMILES string of the molecule is CCOc1ccc(NC(=O)CCC(=O)c2ccccc2)cc1OCC. The summed E-state index contributed by atoms with van der Waals surface area (Å²) in [6.07, 6.45) is 0.302. The number of nitrogens with one attached hydrogen (secondary N) is 1. The number of hydrogen-bond donors (Lipinski definition) is 1. The van der Waals surface area contributed by atoms with E-state index in [0.29, 0.717) is 36.0 Å². The van der Waals surface area contributed by atoms with Crippen LogP contribution < -0.4 is 14.8 Å². The number of carbonyl (C=O) groups is 2. The van der Waals surface area contributed by atoms with E-state index in [1.54, 1.807) is 30.3 Å². The molecule has 0 saturated heterocycles. The third-order valence-corrected chi connectivity index (χ3v) is 3.50. The average molecular weight is 341 g/mol. The third-order valence-electron chi connectivity index (χ3n) is 3.50. The third kappa shape index (κ3) is 5.64. The van der Waals surface area contributed by atoms with Gasteiger partial charge in [-0.1, -0.05) is 30.3 Å². The molecule has 2 aromatic rings. The van der Waals surface area contributed by atoms with Crippen LogP contribution in [0.3, 0.4) is 0 Å². The van der Waals surface area contributed by atoms with E-state index in [-0.39, 0.29) is 24.5 Å². The largest absolute Gasteiger partial charge is 0.490 e. The molecule has 1 N–H and O–H groups in total. The van der Waals surface area contributed by atoms with E-state index in [0.717, 1.165) is 0 Å². The van der Waals surface area contributed by atoms with Gasteiger partial charge in [0.25, 0.3) is 0 Å². The van der Waals surface area contributed by atoms with Crippen molar-refractivity contribution in [3.05, 3.63) is 54.1 Å². The van der Waals surface area contributed by atoms with Crippen LogP contribution in [0.5, 0.6) is 11.5 Å². The fraction of sp³-hybridized carbons (Fsp3) is 0.300. The standard InChI is InChI=1S/C20H23NO4/c1-3-24-18-12-10-16(14-19(18)25-4-2)21-20(23)13-11-17(22)15-8-6-5-7-9-15/h5-10,12,14H,3-4,11,13H2,1-2H3,(H,21,23). The van der Waals surface area contributed by atoms with Crippen molar-refractivity contribution < 1.29 is 19.1 Å². The van der Waals surface area contributed by atoms with Crippen LogP contribution in [0.15, 0.2) is 48.5 Å². The van der Waals surface area contributed by atoms with Crippen LogP contribution >= 0.6 is 0 Å². The number of ether oxygens (including phenoxy) is 2. The second kappa shape index (κ2) is 9.47. The van der Waals surface area contributed by atoms with Gasteiger partial charge in [-0.05, 0) is 26.0 Å². The first-order chi connectivity index (χ1) is 12.1. The van der Waals surface area contributed by atoms with Crippen molar-refractivity contribution >= 4 is 17.4 Å². The molecule has 0 heterocycles. The van der Waals surface area contributed by atoms with Crippen LogP contribution in [-0.2, 0) is 4.79 Å². The predicted octanol–water partition coefficient (Wildman–Crippen LogP) is 4.09. The summed E-state index contributed by atoms with van der Waals surface area (Å²) < 4.78 is 11.0. The summed E-state index contributed by atoms with van der Waals surface area (Å²) in [5.74, 6) is 0.970. The minimum atomic E-state index is -0.212. The summed E-state index contributed by atoms with van der Waals surface area (Å²) in [5, 5.41) is 2.79. The lowest BCUT2D eigenvalue weighted by Gasteiger charge is -2.13. The Morgan fingerprint density at radius 2 is 1.56 bits per heavy atom. The van der Waals surface area contributed by atoms with Gasteiger partial charge in [0.05, 0.1) is 13.2 Å². The van der Waals surface area contributed by atoms with Crippen molar-refractivity contribution in [2.24, 2.45) is 0 Å². The molecule has 5 heteroatoms. The van der Waals surface area contributed by atoms with Crippen molar-refractivity contribution in [1.29, 1.82) is 0 Å². The van der Waals surface area contributed by atoms with Crippen LogP contribution in [0.1, 0.15) is 37.0 Å². The number of benzene rings is 2. The zero-order valence-corrected chi connectivity index (χ0v) is 14.6. The zero-order chi connectivity index (χ0) is 18.1. The summed E-state index contributed by atoms with van der Waals surface area (Å²) in [5.41, 5.74) is 1.24. The number of anilines is 1. The molecule has 0 fully saturated rings.